The van der Waals surface area contributed by atoms with Gasteiger partial charge < -0.3 is 19.9 Å². The highest BCUT2D eigenvalue weighted by Gasteiger charge is 2.16. The molecule has 1 fully saturated rings. The maximum Gasteiger partial charge on any atom is 0.260 e. The van der Waals surface area contributed by atoms with Crippen molar-refractivity contribution in [1.82, 2.24) is 15.1 Å². The van der Waals surface area contributed by atoms with Crippen molar-refractivity contribution in [3.63, 3.8) is 0 Å². The molecular formula is C19H30ClN3O2. The molecule has 5 nitrogen and oxygen atoms in total. The van der Waals surface area contributed by atoms with Gasteiger partial charge in [0.15, 0.2) is 6.10 Å². The zero-order chi connectivity index (χ0) is 18.4. The van der Waals surface area contributed by atoms with Gasteiger partial charge in [-0.3, -0.25) is 4.79 Å². The lowest BCUT2D eigenvalue weighted by molar-refractivity contribution is -0.127. The number of piperazine rings is 1. The minimum atomic E-state index is -0.524. The largest absolute Gasteiger partial charge is 0.481 e. The summed E-state index contributed by atoms with van der Waals surface area (Å²) in [5, 5.41) is 3.71. The van der Waals surface area contributed by atoms with Gasteiger partial charge in [0.05, 0.1) is 0 Å². The van der Waals surface area contributed by atoms with Crippen molar-refractivity contribution >= 4 is 17.5 Å². The molecule has 1 aliphatic rings. The number of benzene rings is 1. The van der Waals surface area contributed by atoms with Crippen LogP contribution in [0.3, 0.4) is 0 Å². The normalized spacial score (nSPS) is 17.3. The van der Waals surface area contributed by atoms with E-state index < -0.39 is 6.10 Å². The Morgan fingerprint density at radius 2 is 1.84 bits per heavy atom. The Morgan fingerprint density at radius 3 is 2.44 bits per heavy atom. The number of hydrogen-bond donors (Lipinski definition) is 1. The molecule has 1 aromatic carbocycles. The highest BCUT2D eigenvalue weighted by molar-refractivity contribution is 6.32. The quantitative estimate of drug-likeness (QED) is 0.752. The van der Waals surface area contributed by atoms with E-state index in [9.17, 15) is 4.79 Å². The van der Waals surface area contributed by atoms with Crippen LogP contribution < -0.4 is 10.1 Å². The third-order valence-electron chi connectivity index (χ3n) is 4.64. The van der Waals surface area contributed by atoms with Crippen LogP contribution in [-0.4, -0.2) is 68.1 Å². The van der Waals surface area contributed by atoms with Gasteiger partial charge in [-0.1, -0.05) is 11.6 Å². The number of carbonyl (C=O) groups is 1. The Kier molecular flexibility index (Phi) is 7.54. The molecule has 1 heterocycles. The fraction of sp³-hybridized carbons (Fsp3) is 0.632. The maximum absolute atomic E-state index is 12.2. The van der Waals surface area contributed by atoms with Gasteiger partial charge in [-0.05, 0) is 64.0 Å². The summed E-state index contributed by atoms with van der Waals surface area (Å²) in [6.07, 6.45) is 0.435. The maximum atomic E-state index is 12.2. The lowest BCUT2D eigenvalue weighted by atomic mass is 10.1. The number of amides is 1. The van der Waals surface area contributed by atoms with Gasteiger partial charge in [-0.2, -0.15) is 0 Å². The molecule has 1 atom stereocenters. The summed E-state index contributed by atoms with van der Waals surface area (Å²) in [6, 6.07) is 3.74. The van der Waals surface area contributed by atoms with Crippen LogP contribution in [0.1, 0.15) is 24.5 Å². The van der Waals surface area contributed by atoms with Gasteiger partial charge in [0.1, 0.15) is 5.75 Å². The molecule has 1 N–H and O–H groups in total. The summed E-state index contributed by atoms with van der Waals surface area (Å²) in [5.41, 5.74) is 1.91. The minimum absolute atomic E-state index is 0.0800. The average Bonchev–Trinajstić information content (AvgIpc) is 2.57. The first-order valence-electron chi connectivity index (χ1n) is 8.99. The van der Waals surface area contributed by atoms with Crippen molar-refractivity contribution in [2.24, 2.45) is 0 Å². The van der Waals surface area contributed by atoms with E-state index >= 15 is 0 Å². The molecule has 6 heteroatoms. The average molecular weight is 368 g/mol. The monoisotopic (exact) mass is 367 g/mol. The summed E-state index contributed by atoms with van der Waals surface area (Å²) < 4.78 is 5.76. The molecule has 140 valence electrons. The highest BCUT2D eigenvalue weighted by atomic mass is 35.5. The first-order valence-corrected chi connectivity index (χ1v) is 9.36. The highest BCUT2D eigenvalue weighted by Crippen LogP contribution is 2.26. The number of halogens is 1. The Morgan fingerprint density at radius 1 is 1.24 bits per heavy atom. The van der Waals surface area contributed by atoms with E-state index in [0.29, 0.717) is 12.3 Å². The van der Waals surface area contributed by atoms with Crippen LogP contribution in [0.4, 0.5) is 0 Å². The lowest BCUT2D eigenvalue weighted by Gasteiger charge is -2.32. The third kappa shape index (κ3) is 6.17. The number of nitrogens with zero attached hydrogens (tertiary/aromatic N) is 2. The van der Waals surface area contributed by atoms with Crippen molar-refractivity contribution in [2.75, 3.05) is 46.3 Å². The minimum Gasteiger partial charge on any atom is -0.481 e. The molecule has 25 heavy (non-hydrogen) atoms. The number of hydrogen-bond acceptors (Lipinski definition) is 4. The predicted octanol–water partition coefficient (Wildman–Crippen LogP) is 2.48. The third-order valence-corrected chi connectivity index (χ3v) is 5.23. The lowest BCUT2D eigenvalue weighted by Crippen LogP contribution is -2.45. The second kappa shape index (κ2) is 9.41. The van der Waals surface area contributed by atoms with E-state index in [2.05, 4.69) is 22.2 Å². The molecule has 1 saturated heterocycles. The Hall–Kier alpha value is -1.30. The van der Waals surface area contributed by atoms with Gasteiger partial charge >= 0.3 is 0 Å². The molecule has 0 unspecified atom stereocenters. The molecule has 1 aromatic rings. The van der Waals surface area contributed by atoms with Crippen molar-refractivity contribution in [2.45, 2.75) is 33.3 Å². The van der Waals surface area contributed by atoms with Crippen molar-refractivity contribution in [1.29, 1.82) is 0 Å². The summed E-state index contributed by atoms with van der Waals surface area (Å²) in [4.78, 5) is 17.0. The first-order chi connectivity index (χ1) is 11.9. The molecule has 0 saturated carbocycles. The number of ether oxygens (including phenoxy) is 1. The Balaban J connectivity index is 1.70. The number of likely N-dealkylation sites (N-methyl/N-ethyl adjacent to an activating group) is 1. The zero-order valence-corrected chi connectivity index (χ0v) is 16.5. The number of carbonyl (C=O) groups excluding carboxylic acids is 1. The van der Waals surface area contributed by atoms with Crippen LogP contribution in [0.5, 0.6) is 5.75 Å². The molecule has 0 spiro atoms. The predicted molar refractivity (Wildman–Crippen MR) is 103 cm³/mol. The molecule has 0 bridgehead atoms. The van der Waals surface area contributed by atoms with E-state index in [1.165, 1.54) is 0 Å². The van der Waals surface area contributed by atoms with E-state index in [1.807, 2.05) is 26.0 Å². The molecule has 1 amide bonds. The van der Waals surface area contributed by atoms with Crippen LogP contribution in [0, 0.1) is 13.8 Å². The molecule has 0 aliphatic carbocycles. The van der Waals surface area contributed by atoms with E-state index in [-0.39, 0.29) is 5.91 Å². The molecule has 0 radical (unpaired) electrons. The van der Waals surface area contributed by atoms with Crippen LogP contribution in [-0.2, 0) is 4.79 Å². The van der Waals surface area contributed by atoms with E-state index in [1.54, 1.807) is 6.92 Å². The van der Waals surface area contributed by atoms with Crippen molar-refractivity contribution < 1.29 is 9.53 Å². The molecule has 1 aliphatic heterocycles. The van der Waals surface area contributed by atoms with Gasteiger partial charge in [0.25, 0.3) is 5.91 Å². The number of nitrogens with one attached hydrogen (secondary N) is 1. The second-order valence-electron chi connectivity index (χ2n) is 6.92. The molecule has 0 aromatic heterocycles. The van der Waals surface area contributed by atoms with Crippen LogP contribution >= 0.6 is 11.6 Å². The van der Waals surface area contributed by atoms with Gasteiger partial charge in [-0.25, -0.2) is 0 Å². The fourth-order valence-electron chi connectivity index (χ4n) is 2.96. The summed E-state index contributed by atoms with van der Waals surface area (Å²) in [5.74, 6) is 0.600. The van der Waals surface area contributed by atoms with Crippen LogP contribution in [0.25, 0.3) is 0 Å². The van der Waals surface area contributed by atoms with Gasteiger partial charge in [0, 0.05) is 37.7 Å². The van der Waals surface area contributed by atoms with Crippen LogP contribution in [0.15, 0.2) is 12.1 Å². The van der Waals surface area contributed by atoms with Crippen LogP contribution in [0.2, 0.25) is 5.02 Å². The first kappa shape index (κ1) is 20.0. The van der Waals surface area contributed by atoms with Crippen molar-refractivity contribution in [3.8, 4) is 5.75 Å². The number of rotatable bonds is 7. The smallest absolute Gasteiger partial charge is 0.260 e. The zero-order valence-electron chi connectivity index (χ0n) is 15.8. The van der Waals surface area contributed by atoms with Gasteiger partial charge in [0.2, 0.25) is 0 Å². The fourth-order valence-corrected chi connectivity index (χ4v) is 3.07. The molecule has 2 rings (SSSR count). The molecular weight excluding hydrogens is 338 g/mol. The summed E-state index contributed by atoms with van der Waals surface area (Å²) in [6.45, 7) is 11.8. The van der Waals surface area contributed by atoms with Crippen molar-refractivity contribution in [3.05, 3.63) is 28.3 Å². The van der Waals surface area contributed by atoms with E-state index in [4.69, 9.17) is 16.3 Å². The Bertz CT molecular complexity index is 563. The van der Waals surface area contributed by atoms with Gasteiger partial charge in [-0.15, -0.1) is 0 Å². The SMILES string of the molecule is Cc1cc(O[C@@H](C)C(=O)NCCCN2CCN(C)CC2)cc(C)c1Cl. The number of aryl methyl sites for hydroxylation is 2. The Labute approximate surface area is 156 Å². The summed E-state index contributed by atoms with van der Waals surface area (Å²) >= 11 is 6.16. The van der Waals surface area contributed by atoms with E-state index in [0.717, 1.165) is 55.3 Å². The topological polar surface area (TPSA) is 44.8 Å². The second-order valence-corrected chi connectivity index (χ2v) is 7.30. The standard InChI is InChI=1S/C19H30ClN3O2/c1-14-12-17(13-15(2)18(14)20)25-16(3)19(24)21-6-5-7-23-10-8-22(4)9-11-23/h12-13,16H,5-11H2,1-4H3,(H,21,24)/t16-/m0/s1. The summed E-state index contributed by atoms with van der Waals surface area (Å²) in [7, 11) is 2.16.